The van der Waals surface area contributed by atoms with E-state index in [4.69, 9.17) is 10.6 Å². The molecule has 3 N–H and O–H groups in total. The van der Waals surface area contributed by atoms with Crippen LogP contribution >= 0.6 is 0 Å². The molecule has 1 aromatic rings. The zero-order valence-corrected chi connectivity index (χ0v) is 10.4. The molecule has 0 bridgehead atoms. The quantitative estimate of drug-likeness (QED) is 0.655. The minimum Gasteiger partial charge on any atom is -0.373 e. The predicted molar refractivity (Wildman–Crippen MR) is 62.9 cm³/mol. The van der Waals surface area contributed by atoms with Crippen LogP contribution in [0.25, 0.3) is 0 Å². The van der Waals surface area contributed by atoms with Crippen LogP contribution in [0.3, 0.4) is 0 Å². The van der Waals surface area contributed by atoms with E-state index >= 15 is 0 Å². The molecule has 0 radical (unpaired) electrons. The van der Waals surface area contributed by atoms with Gasteiger partial charge < -0.3 is 4.74 Å². The summed E-state index contributed by atoms with van der Waals surface area (Å²) in [4.78, 5) is 3.77. The van der Waals surface area contributed by atoms with Crippen LogP contribution in [0.2, 0.25) is 0 Å². The van der Waals surface area contributed by atoms with Gasteiger partial charge in [0.05, 0.1) is 23.8 Å². The number of nitrogens with one attached hydrogen (secondary N) is 1. The Morgan fingerprint density at radius 2 is 2.21 bits per heavy atom. The lowest BCUT2D eigenvalue weighted by Crippen LogP contribution is -2.38. The third kappa shape index (κ3) is 3.05. The van der Waals surface area contributed by atoms with E-state index in [2.05, 4.69) is 10.4 Å². The molecule has 7 heteroatoms. The predicted octanol–water partition coefficient (Wildman–Crippen LogP) is 2.17. The molecule has 0 aliphatic carbocycles. The number of hydrogen-bond donors (Lipinski definition) is 2. The topological polar surface area (TPSA) is 60.2 Å². The molecule has 1 aromatic heterocycles. The first-order valence-electron chi connectivity index (χ1n) is 6.06. The van der Waals surface area contributed by atoms with E-state index in [0.29, 0.717) is 6.42 Å². The Morgan fingerprint density at radius 1 is 1.47 bits per heavy atom. The number of nitrogens with zero attached hydrogens (tertiary/aromatic N) is 1. The molecule has 3 atom stereocenters. The molecular weight excluding hydrogens is 259 g/mol. The molecule has 2 heterocycles. The fourth-order valence-corrected chi connectivity index (χ4v) is 2.39. The summed E-state index contributed by atoms with van der Waals surface area (Å²) >= 11 is 0. The molecule has 3 unspecified atom stereocenters. The van der Waals surface area contributed by atoms with Crippen LogP contribution in [0.5, 0.6) is 0 Å². The third-order valence-corrected chi connectivity index (χ3v) is 3.31. The summed E-state index contributed by atoms with van der Waals surface area (Å²) in [5.41, 5.74) is 1.72. The summed E-state index contributed by atoms with van der Waals surface area (Å²) in [5.74, 6) is 5.42. The second kappa shape index (κ2) is 5.44. The normalized spacial score (nSPS) is 25.5. The molecule has 1 aliphatic heterocycles. The van der Waals surface area contributed by atoms with Gasteiger partial charge in [0.15, 0.2) is 0 Å². The van der Waals surface area contributed by atoms with Crippen LogP contribution in [-0.4, -0.2) is 17.2 Å². The summed E-state index contributed by atoms with van der Waals surface area (Å²) in [6.45, 7) is 1.89. The molecular formula is C12H16F3N3O. The molecule has 4 nitrogen and oxygen atoms in total. The van der Waals surface area contributed by atoms with Gasteiger partial charge in [-0.25, -0.2) is 0 Å². The number of nitrogens with two attached hydrogens (primary N) is 1. The maximum Gasteiger partial charge on any atom is 0.416 e. The van der Waals surface area contributed by atoms with Crippen molar-refractivity contribution < 1.29 is 17.9 Å². The average molecular weight is 275 g/mol. The van der Waals surface area contributed by atoms with Crippen LogP contribution in [0.4, 0.5) is 13.2 Å². The summed E-state index contributed by atoms with van der Waals surface area (Å²) in [6.07, 6.45) is -0.973. The maximum absolute atomic E-state index is 13.0. The van der Waals surface area contributed by atoms with Gasteiger partial charge in [0.1, 0.15) is 0 Å². The van der Waals surface area contributed by atoms with Gasteiger partial charge in [-0.05, 0) is 25.8 Å². The number of aromatic nitrogens is 1. The largest absolute Gasteiger partial charge is 0.416 e. The number of hydrazine groups is 1. The molecule has 0 saturated carbocycles. The van der Waals surface area contributed by atoms with Crippen molar-refractivity contribution in [2.24, 2.45) is 5.84 Å². The van der Waals surface area contributed by atoms with E-state index in [0.717, 1.165) is 18.7 Å². The Labute approximate surface area is 109 Å². The Hall–Kier alpha value is -1.18. The van der Waals surface area contributed by atoms with Gasteiger partial charge in [0.2, 0.25) is 0 Å². The Bertz CT molecular complexity index is 438. The van der Waals surface area contributed by atoms with Gasteiger partial charge in [0, 0.05) is 18.0 Å². The van der Waals surface area contributed by atoms with Crippen LogP contribution < -0.4 is 11.3 Å². The van der Waals surface area contributed by atoms with Crippen LogP contribution in [-0.2, 0) is 10.9 Å². The van der Waals surface area contributed by atoms with Gasteiger partial charge >= 0.3 is 6.18 Å². The third-order valence-electron chi connectivity index (χ3n) is 3.31. The van der Waals surface area contributed by atoms with Crippen LogP contribution in [0.15, 0.2) is 18.5 Å². The fourth-order valence-electron chi connectivity index (χ4n) is 2.39. The highest BCUT2D eigenvalue weighted by molar-refractivity contribution is 5.30. The van der Waals surface area contributed by atoms with E-state index in [1.54, 1.807) is 0 Å². The van der Waals surface area contributed by atoms with Crippen molar-refractivity contribution in [3.8, 4) is 0 Å². The zero-order valence-electron chi connectivity index (χ0n) is 10.4. The van der Waals surface area contributed by atoms with Gasteiger partial charge in [-0.2, -0.15) is 13.2 Å². The number of alkyl halides is 3. The molecule has 1 aliphatic rings. The van der Waals surface area contributed by atoms with Gasteiger partial charge in [-0.15, -0.1) is 0 Å². The number of pyridine rings is 1. The van der Waals surface area contributed by atoms with Crippen molar-refractivity contribution in [1.29, 1.82) is 0 Å². The van der Waals surface area contributed by atoms with Crippen molar-refractivity contribution in [3.63, 3.8) is 0 Å². The number of ether oxygens (including phenoxy) is 1. The molecule has 106 valence electrons. The Morgan fingerprint density at radius 3 is 2.74 bits per heavy atom. The lowest BCUT2D eigenvalue weighted by Gasteiger charge is -2.25. The fraction of sp³-hybridized carbons (Fsp3) is 0.583. The molecule has 1 fully saturated rings. The smallest absolute Gasteiger partial charge is 0.373 e. The molecule has 0 amide bonds. The lowest BCUT2D eigenvalue weighted by atomic mass is 9.96. The second-order valence-electron chi connectivity index (χ2n) is 4.67. The minimum atomic E-state index is -4.43. The monoisotopic (exact) mass is 275 g/mol. The molecule has 1 saturated heterocycles. The summed E-state index contributed by atoms with van der Waals surface area (Å²) in [7, 11) is 0. The highest BCUT2D eigenvalue weighted by atomic mass is 19.4. The number of hydrogen-bond acceptors (Lipinski definition) is 4. The standard InChI is InChI=1S/C12H16F3N3O/c1-7-2-3-10(19-7)11(18-16)8-6-17-5-4-9(8)12(13,14)15/h4-7,10-11,18H,2-3,16H2,1H3. The van der Waals surface area contributed by atoms with Crippen LogP contribution in [0.1, 0.15) is 36.9 Å². The first-order valence-corrected chi connectivity index (χ1v) is 6.06. The average Bonchev–Trinajstić information content (AvgIpc) is 2.76. The van der Waals surface area contributed by atoms with Crippen molar-refractivity contribution in [2.75, 3.05) is 0 Å². The lowest BCUT2D eigenvalue weighted by molar-refractivity contribution is -0.138. The van der Waals surface area contributed by atoms with Gasteiger partial charge in [-0.3, -0.25) is 16.3 Å². The van der Waals surface area contributed by atoms with Gasteiger partial charge in [-0.1, -0.05) is 0 Å². The van der Waals surface area contributed by atoms with Crippen LogP contribution in [0, 0.1) is 0 Å². The summed E-state index contributed by atoms with van der Waals surface area (Å²) < 4.78 is 44.5. The van der Waals surface area contributed by atoms with E-state index in [-0.39, 0.29) is 17.8 Å². The molecule has 19 heavy (non-hydrogen) atoms. The van der Waals surface area contributed by atoms with E-state index in [9.17, 15) is 13.2 Å². The first-order chi connectivity index (χ1) is 8.93. The minimum absolute atomic E-state index is 0.0246. The van der Waals surface area contributed by atoms with E-state index in [1.165, 1.54) is 6.20 Å². The highest BCUT2D eigenvalue weighted by Gasteiger charge is 2.38. The molecule has 0 aromatic carbocycles. The SMILES string of the molecule is CC1CCC(C(NN)c2cnccc2C(F)(F)F)O1. The van der Waals surface area contributed by atoms with E-state index in [1.807, 2.05) is 6.92 Å². The maximum atomic E-state index is 13.0. The van der Waals surface area contributed by atoms with Crippen molar-refractivity contribution >= 4 is 0 Å². The molecule has 2 rings (SSSR count). The summed E-state index contributed by atoms with van der Waals surface area (Å²) in [6, 6.07) is 0.244. The van der Waals surface area contributed by atoms with Crippen molar-refractivity contribution in [2.45, 2.75) is 44.2 Å². The molecule has 0 spiro atoms. The number of halogens is 3. The first kappa shape index (κ1) is 14.2. The van der Waals surface area contributed by atoms with Crippen molar-refractivity contribution in [3.05, 3.63) is 29.6 Å². The highest BCUT2D eigenvalue weighted by Crippen LogP contribution is 2.37. The second-order valence-corrected chi connectivity index (χ2v) is 4.67. The Kier molecular flexibility index (Phi) is 4.07. The van der Waals surface area contributed by atoms with Gasteiger partial charge in [0.25, 0.3) is 0 Å². The van der Waals surface area contributed by atoms with E-state index < -0.39 is 17.8 Å². The zero-order chi connectivity index (χ0) is 14.0. The Balaban J connectivity index is 2.33. The van der Waals surface area contributed by atoms with Crippen molar-refractivity contribution in [1.82, 2.24) is 10.4 Å². The number of rotatable bonds is 3. The summed E-state index contributed by atoms with van der Waals surface area (Å²) in [5, 5.41) is 0.